The first-order valence-corrected chi connectivity index (χ1v) is 10.7. The fourth-order valence-electron chi connectivity index (χ4n) is 5.37. The normalized spacial score (nSPS) is 26.1. The second kappa shape index (κ2) is 7.67. The quantitative estimate of drug-likeness (QED) is 0.424. The fourth-order valence-corrected chi connectivity index (χ4v) is 5.37. The van der Waals surface area contributed by atoms with E-state index in [-0.39, 0.29) is 11.3 Å². The fraction of sp³-hybridized carbons (Fsp3) is 0.200. The predicted molar refractivity (Wildman–Crippen MR) is 122 cm³/mol. The third-order valence-corrected chi connectivity index (χ3v) is 6.77. The molecule has 172 valence electrons. The molecule has 0 aromatic heterocycles. The van der Waals surface area contributed by atoms with Gasteiger partial charge in [0.2, 0.25) is 17.7 Å². The molecule has 2 aliphatic rings. The molecule has 0 unspecified atom stereocenters. The number of carbonyl (C=O) groups is 4. The Morgan fingerprint density at radius 2 is 1.65 bits per heavy atom. The molecular weight excluding hydrogens is 438 g/mol. The summed E-state index contributed by atoms with van der Waals surface area (Å²) in [6.07, 6.45) is -0.698. The van der Waals surface area contributed by atoms with Gasteiger partial charge in [-0.25, -0.2) is 4.90 Å². The Kier molecular flexibility index (Phi) is 4.87. The number of para-hydroxylation sites is 1. The molecule has 5 N–H and O–H groups in total. The van der Waals surface area contributed by atoms with Crippen LogP contribution in [0.1, 0.15) is 18.0 Å². The van der Waals surface area contributed by atoms with Crippen LogP contribution in [0, 0.1) is 11.8 Å². The topological polar surface area (TPSA) is 150 Å². The van der Waals surface area contributed by atoms with E-state index in [1.807, 2.05) is 18.2 Å². The zero-order valence-electron chi connectivity index (χ0n) is 17.8. The summed E-state index contributed by atoms with van der Waals surface area (Å²) in [5.41, 5.74) is 3.86. The van der Waals surface area contributed by atoms with Crippen LogP contribution in [0.15, 0.2) is 66.7 Å². The zero-order chi connectivity index (χ0) is 24.2. The summed E-state index contributed by atoms with van der Waals surface area (Å²) >= 11 is 0. The van der Waals surface area contributed by atoms with Crippen LogP contribution < -0.4 is 16.0 Å². The number of carboxylic acids is 1. The van der Waals surface area contributed by atoms with Gasteiger partial charge in [-0.05, 0) is 17.5 Å². The van der Waals surface area contributed by atoms with Crippen molar-refractivity contribution in [3.05, 3.63) is 72.3 Å². The Morgan fingerprint density at radius 1 is 0.971 bits per heavy atom. The number of carbonyl (C=O) groups excluding carboxylic acids is 3. The van der Waals surface area contributed by atoms with Crippen molar-refractivity contribution in [3.63, 3.8) is 0 Å². The number of aliphatic carboxylic acids is 1. The highest BCUT2D eigenvalue weighted by atomic mass is 16.4. The standard InChI is InChI=1S/C25H21N3O6/c26-18(30)12-25(24(33)34)20-19(21(27-25)15-9-3-4-11-17(15)29)22(31)28(23(20)32)16-10-5-7-13-6-1-2-8-14(13)16/h1-11,19-21,27,29H,12H2,(H2,26,30)(H,33,34)/t19-,20+,21+,25-/m0/s1. The molecule has 2 heterocycles. The molecule has 0 aliphatic carbocycles. The lowest BCUT2D eigenvalue weighted by atomic mass is 9.77. The molecule has 3 aromatic rings. The van der Waals surface area contributed by atoms with Gasteiger partial charge >= 0.3 is 5.97 Å². The minimum absolute atomic E-state index is 0.164. The maximum absolute atomic E-state index is 13.8. The number of nitrogens with one attached hydrogen (secondary N) is 1. The van der Waals surface area contributed by atoms with Crippen LogP contribution in [-0.2, 0) is 19.2 Å². The van der Waals surface area contributed by atoms with Crippen LogP contribution >= 0.6 is 0 Å². The number of nitrogens with two attached hydrogens (primary N) is 1. The SMILES string of the molecule is NC(=O)C[C@]1(C(=O)O)N[C@H](c2ccccc2O)[C@H]2C(=O)N(c3cccc4ccccc34)C(=O)[C@@H]21. The average molecular weight is 459 g/mol. The van der Waals surface area contributed by atoms with E-state index in [0.29, 0.717) is 11.1 Å². The molecule has 34 heavy (non-hydrogen) atoms. The maximum atomic E-state index is 13.8. The lowest BCUT2D eigenvalue weighted by Crippen LogP contribution is -2.57. The molecule has 2 aliphatic heterocycles. The van der Waals surface area contributed by atoms with E-state index in [0.717, 1.165) is 10.3 Å². The maximum Gasteiger partial charge on any atom is 0.325 e. The number of anilines is 1. The second-order valence-electron chi connectivity index (χ2n) is 8.61. The number of aromatic hydroxyl groups is 1. The minimum atomic E-state index is -2.12. The minimum Gasteiger partial charge on any atom is -0.508 e. The number of imide groups is 1. The van der Waals surface area contributed by atoms with E-state index in [1.165, 1.54) is 6.07 Å². The summed E-state index contributed by atoms with van der Waals surface area (Å²) in [4.78, 5) is 53.1. The Bertz CT molecular complexity index is 1370. The van der Waals surface area contributed by atoms with E-state index in [4.69, 9.17) is 5.73 Å². The third kappa shape index (κ3) is 2.97. The van der Waals surface area contributed by atoms with Gasteiger partial charge in [0, 0.05) is 17.0 Å². The van der Waals surface area contributed by atoms with Crippen molar-refractivity contribution in [1.82, 2.24) is 5.32 Å². The molecule has 2 saturated heterocycles. The predicted octanol–water partition coefficient (Wildman–Crippen LogP) is 1.69. The van der Waals surface area contributed by atoms with E-state index >= 15 is 0 Å². The molecule has 4 atom stereocenters. The summed E-state index contributed by atoms with van der Waals surface area (Å²) in [6, 6.07) is 17.5. The highest BCUT2D eigenvalue weighted by Crippen LogP contribution is 2.52. The first-order valence-electron chi connectivity index (χ1n) is 10.7. The van der Waals surface area contributed by atoms with Gasteiger partial charge in [-0.2, -0.15) is 0 Å². The number of hydrogen-bond acceptors (Lipinski definition) is 6. The summed E-state index contributed by atoms with van der Waals surface area (Å²) in [7, 11) is 0. The van der Waals surface area contributed by atoms with Gasteiger partial charge in [0.05, 0.1) is 23.9 Å². The average Bonchev–Trinajstić information content (AvgIpc) is 3.27. The Balaban J connectivity index is 1.72. The van der Waals surface area contributed by atoms with Crippen LogP contribution in [-0.4, -0.2) is 39.4 Å². The molecule has 0 radical (unpaired) electrons. The van der Waals surface area contributed by atoms with E-state index in [9.17, 15) is 29.4 Å². The first kappa shape index (κ1) is 21.6. The third-order valence-electron chi connectivity index (χ3n) is 6.77. The summed E-state index contributed by atoms with van der Waals surface area (Å²) in [5.74, 6) is -6.50. The van der Waals surface area contributed by atoms with Crippen molar-refractivity contribution in [3.8, 4) is 5.75 Å². The molecule has 0 spiro atoms. The molecule has 3 aromatic carbocycles. The van der Waals surface area contributed by atoms with Gasteiger partial charge in [-0.15, -0.1) is 0 Å². The number of phenolic OH excluding ortho intramolecular Hbond substituents is 1. The summed E-state index contributed by atoms with van der Waals surface area (Å²) < 4.78 is 0. The molecule has 0 bridgehead atoms. The monoisotopic (exact) mass is 459 g/mol. The molecule has 0 saturated carbocycles. The Morgan fingerprint density at radius 3 is 2.35 bits per heavy atom. The number of benzene rings is 3. The van der Waals surface area contributed by atoms with Gasteiger partial charge < -0.3 is 15.9 Å². The summed E-state index contributed by atoms with van der Waals surface area (Å²) in [5, 5.41) is 25.0. The molecule has 9 heteroatoms. The number of amides is 3. The van der Waals surface area contributed by atoms with Crippen molar-refractivity contribution in [2.75, 3.05) is 4.90 Å². The number of carboxylic acid groups (broad SMARTS) is 1. The highest BCUT2D eigenvalue weighted by molar-refractivity contribution is 6.27. The van der Waals surface area contributed by atoms with Crippen LogP contribution in [0.2, 0.25) is 0 Å². The van der Waals surface area contributed by atoms with Crippen molar-refractivity contribution in [1.29, 1.82) is 0 Å². The van der Waals surface area contributed by atoms with Crippen LogP contribution in [0.3, 0.4) is 0 Å². The van der Waals surface area contributed by atoms with Crippen molar-refractivity contribution in [2.45, 2.75) is 18.0 Å². The lowest BCUT2D eigenvalue weighted by molar-refractivity contribution is -0.150. The highest BCUT2D eigenvalue weighted by Gasteiger charge is 2.69. The number of primary amides is 1. The molecular formula is C25H21N3O6. The van der Waals surface area contributed by atoms with Crippen LogP contribution in [0.25, 0.3) is 10.8 Å². The van der Waals surface area contributed by atoms with Gasteiger partial charge in [0.15, 0.2) is 0 Å². The number of fused-ring (bicyclic) bond motifs is 2. The van der Waals surface area contributed by atoms with Gasteiger partial charge in [0.1, 0.15) is 11.3 Å². The lowest BCUT2D eigenvalue weighted by Gasteiger charge is -2.30. The number of rotatable bonds is 5. The van der Waals surface area contributed by atoms with Crippen molar-refractivity contribution in [2.24, 2.45) is 17.6 Å². The second-order valence-corrected chi connectivity index (χ2v) is 8.61. The van der Waals surface area contributed by atoms with Crippen molar-refractivity contribution >= 4 is 40.2 Å². The smallest absolute Gasteiger partial charge is 0.325 e. The van der Waals surface area contributed by atoms with E-state index in [1.54, 1.807) is 42.5 Å². The van der Waals surface area contributed by atoms with E-state index < -0.39 is 53.5 Å². The number of hydrogen-bond donors (Lipinski definition) is 4. The number of nitrogens with zero attached hydrogens (tertiary/aromatic N) is 1. The zero-order valence-corrected chi connectivity index (χ0v) is 17.8. The molecule has 3 amide bonds. The van der Waals surface area contributed by atoms with Crippen LogP contribution in [0.5, 0.6) is 5.75 Å². The van der Waals surface area contributed by atoms with Crippen LogP contribution in [0.4, 0.5) is 5.69 Å². The molecule has 2 fully saturated rings. The van der Waals surface area contributed by atoms with Gasteiger partial charge in [-0.1, -0.05) is 54.6 Å². The summed E-state index contributed by atoms with van der Waals surface area (Å²) in [6.45, 7) is 0. The van der Waals surface area contributed by atoms with Crippen molar-refractivity contribution < 1.29 is 29.4 Å². The largest absolute Gasteiger partial charge is 0.508 e. The molecule has 9 nitrogen and oxygen atoms in total. The Hall–Kier alpha value is -4.24. The first-order chi connectivity index (χ1) is 16.3. The van der Waals surface area contributed by atoms with E-state index in [2.05, 4.69) is 5.32 Å². The molecule has 5 rings (SSSR count). The number of phenols is 1. The van der Waals surface area contributed by atoms with Gasteiger partial charge in [0.25, 0.3) is 0 Å². The Labute approximate surface area is 193 Å². The van der Waals surface area contributed by atoms with Gasteiger partial charge in [-0.3, -0.25) is 24.5 Å².